The van der Waals surface area contributed by atoms with E-state index in [0.29, 0.717) is 11.8 Å². The van der Waals surface area contributed by atoms with Crippen LogP contribution in [0.3, 0.4) is 0 Å². The first-order valence-corrected chi connectivity index (χ1v) is 13.2. The van der Waals surface area contributed by atoms with Crippen LogP contribution in [0, 0.1) is 28.6 Å². The summed E-state index contributed by atoms with van der Waals surface area (Å²) >= 11 is 0. The van der Waals surface area contributed by atoms with E-state index >= 15 is 0 Å². The highest BCUT2D eigenvalue weighted by molar-refractivity contribution is 5.88. The number of rotatable bonds is 2. The van der Waals surface area contributed by atoms with Gasteiger partial charge >= 0.3 is 11.9 Å². The average molecular weight is 465 g/mol. The predicted molar refractivity (Wildman–Crippen MR) is 133 cm³/mol. The van der Waals surface area contributed by atoms with E-state index in [1.807, 2.05) is 13.0 Å². The van der Waals surface area contributed by atoms with Crippen LogP contribution in [0.25, 0.3) is 0 Å². The summed E-state index contributed by atoms with van der Waals surface area (Å²) in [5.41, 5.74) is 4.93. The minimum Gasteiger partial charge on any atom is -0.458 e. The van der Waals surface area contributed by atoms with Crippen LogP contribution < -0.4 is 0 Å². The van der Waals surface area contributed by atoms with Gasteiger partial charge in [-0.2, -0.15) is 0 Å². The first-order chi connectivity index (χ1) is 16.0. The lowest BCUT2D eigenvalue weighted by Crippen LogP contribution is -2.46. The molecule has 6 atom stereocenters. The molecule has 2 aliphatic heterocycles. The van der Waals surface area contributed by atoms with Crippen molar-refractivity contribution in [3.63, 3.8) is 0 Å². The van der Waals surface area contributed by atoms with Gasteiger partial charge in [-0.25, -0.2) is 9.59 Å². The summed E-state index contributed by atoms with van der Waals surface area (Å²) in [6, 6.07) is 0. The Morgan fingerprint density at radius 1 is 1.03 bits per heavy atom. The van der Waals surface area contributed by atoms with E-state index in [1.54, 1.807) is 11.6 Å². The van der Waals surface area contributed by atoms with Crippen molar-refractivity contribution in [3.8, 4) is 0 Å². The van der Waals surface area contributed by atoms with Gasteiger partial charge in [0.25, 0.3) is 0 Å². The third-order valence-electron chi connectivity index (χ3n) is 10.5. The number of carbonyl (C=O) groups is 2. The molecule has 0 amide bonds. The SMILES string of the molecule is CC1=CC[C@@H]([C@@H](C)[C@H]2CC[C@@]3(C)C4=C(C=C5C=CC(=O)OC(C)(C)[C@@H]5CC4)CC[C@]23C)OC1=O. The van der Waals surface area contributed by atoms with Crippen LogP contribution in [0.15, 0.2) is 46.6 Å². The largest absolute Gasteiger partial charge is 0.458 e. The minimum absolute atomic E-state index is 0.0146. The molecule has 0 aromatic heterocycles. The van der Waals surface area contributed by atoms with Crippen LogP contribution in [0.1, 0.15) is 86.5 Å². The summed E-state index contributed by atoms with van der Waals surface area (Å²) in [7, 11) is 0. The molecule has 5 rings (SSSR count). The van der Waals surface area contributed by atoms with E-state index in [0.717, 1.165) is 37.7 Å². The van der Waals surface area contributed by atoms with Gasteiger partial charge < -0.3 is 9.47 Å². The number of allylic oxidation sites excluding steroid dienone is 4. The molecular formula is C30H40O4. The molecule has 0 aromatic rings. The molecular weight excluding hydrogens is 424 g/mol. The monoisotopic (exact) mass is 464 g/mol. The fraction of sp³-hybridized carbons (Fsp3) is 0.667. The lowest BCUT2D eigenvalue weighted by molar-refractivity contribution is -0.153. The van der Waals surface area contributed by atoms with Crippen LogP contribution in [0.2, 0.25) is 0 Å². The van der Waals surface area contributed by atoms with Gasteiger partial charge in [0.15, 0.2) is 0 Å². The topological polar surface area (TPSA) is 52.6 Å². The maximum Gasteiger partial charge on any atom is 0.333 e. The Labute approximate surface area is 204 Å². The molecule has 1 fully saturated rings. The van der Waals surface area contributed by atoms with Gasteiger partial charge in [0.2, 0.25) is 0 Å². The highest BCUT2D eigenvalue weighted by Crippen LogP contribution is 2.68. The first-order valence-electron chi connectivity index (χ1n) is 13.2. The van der Waals surface area contributed by atoms with E-state index in [4.69, 9.17) is 9.47 Å². The number of hydrogen-bond acceptors (Lipinski definition) is 4. The summed E-state index contributed by atoms with van der Waals surface area (Å²) < 4.78 is 11.7. The molecule has 5 aliphatic rings. The van der Waals surface area contributed by atoms with E-state index in [-0.39, 0.29) is 34.8 Å². The van der Waals surface area contributed by atoms with Crippen molar-refractivity contribution >= 4 is 11.9 Å². The average Bonchev–Trinajstić information content (AvgIpc) is 2.88. The molecule has 4 nitrogen and oxygen atoms in total. The van der Waals surface area contributed by atoms with Crippen LogP contribution in [0.5, 0.6) is 0 Å². The Morgan fingerprint density at radius 2 is 1.79 bits per heavy atom. The second-order valence-corrected chi connectivity index (χ2v) is 12.4. The Balaban J connectivity index is 1.47. The van der Waals surface area contributed by atoms with E-state index in [2.05, 4.69) is 46.8 Å². The number of esters is 2. The quantitative estimate of drug-likeness (QED) is 0.431. The number of cyclic esters (lactones) is 2. The lowest BCUT2D eigenvalue weighted by atomic mass is 9.52. The predicted octanol–water partition coefficient (Wildman–Crippen LogP) is 6.63. The molecule has 0 aromatic carbocycles. The third kappa shape index (κ3) is 3.46. The normalized spacial score (nSPS) is 40.0. The smallest absolute Gasteiger partial charge is 0.333 e. The van der Waals surface area contributed by atoms with Crippen molar-refractivity contribution in [2.45, 2.75) is 98.2 Å². The Morgan fingerprint density at radius 3 is 2.53 bits per heavy atom. The number of carbonyl (C=O) groups excluding carboxylic acids is 2. The molecule has 2 heterocycles. The summed E-state index contributed by atoms with van der Waals surface area (Å²) in [5.74, 6) is 0.711. The minimum atomic E-state index is -0.505. The van der Waals surface area contributed by atoms with Gasteiger partial charge in [0.1, 0.15) is 11.7 Å². The fourth-order valence-electron chi connectivity index (χ4n) is 8.19. The standard InChI is InChI=1S/C30H40O4/c1-18-7-11-25(33-27(18)32)19(2)22-14-16-30(6)24-10-9-23-20(8-12-26(31)34-28(23,3)4)17-21(24)13-15-29(22,30)5/h7-8,12,17,19,22-23,25H,9-11,13-16H2,1-6H3/t19-,22+,23+,25-,29+,30-/m0/s1. The summed E-state index contributed by atoms with van der Waals surface area (Å²) in [6.45, 7) is 13.3. The maximum atomic E-state index is 12.3. The molecule has 0 unspecified atom stereocenters. The fourth-order valence-corrected chi connectivity index (χ4v) is 8.19. The van der Waals surface area contributed by atoms with Crippen molar-refractivity contribution in [3.05, 3.63) is 46.6 Å². The Hall–Kier alpha value is -2.10. The molecule has 3 aliphatic carbocycles. The first kappa shape index (κ1) is 23.6. The molecule has 1 saturated carbocycles. The van der Waals surface area contributed by atoms with Crippen molar-refractivity contribution in [1.29, 1.82) is 0 Å². The molecule has 34 heavy (non-hydrogen) atoms. The Bertz CT molecular complexity index is 1040. The van der Waals surface area contributed by atoms with Gasteiger partial charge in [-0.15, -0.1) is 0 Å². The zero-order chi connectivity index (χ0) is 24.5. The summed E-state index contributed by atoms with van der Waals surface area (Å²) in [4.78, 5) is 24.4. The number of fused-ring (bicyclic) bond motifs is 3. The molecule has 184 valence electrons. The molecule has 0 saturated heterocycles. The summed E-state index contributed by atoms with van der Waals surface area (Å²) in [6.07, 6.45) is 15.6. The van der Waals surface area contributed by atoms with Gasteiger partial charge in [-0.3, -0.25) is 0 Å². The van der Waals surface area contributed by atoms with Gasteiger partial charge in [0, 0.05) is 24.0 Å². The molecule has 0 spiro atoms. The number of ether oxygens (including phenoxy) is 2. The highest BCUT2D eigenvalue weighted by Gasteiger charge is 2.60. The Kier molecular flexibility index (Phi) is 5.53. The summed E-state index contributed by atoms with van der Waals surface area (Å²) in [5, 5.41) is 0. The lowest BCUT2D eigenvalue weighted by Gasteiger charge is -2.52. The second-order valence-electron chi connectivity index (χ2n) is 12.4. The van der Waals surface area contributed by atoms with Crippen molar-refractivity contribution in [2.75, 3.05) is 0 Å². The van der Waals surface area contributed by atoms with Crippen molar-refractivity contribution < 1.29 is 19.1 Å². The van der Waals surface area contributed by atoms with Gasteiger partial charge in [-0.05, 0) is 93.1 Å². The third-order valence-corrected chi connectivity index (χ3v) is 10.5. The van der Waals surface area contributed by atoms with Gasteiger partial charge in [-0.1, -0.05) is 44.6 Å². The van der Waals surface area contributed by atoms with E-state index in [9.17, 15) is 9.59 Å². The molecule has 0 N–H and O–H groups in total. The zero-order valence-corrected chi connectivity index (χ0v) is 21.7. The number of hydrogen-bond donors (Lipinski definition) is 0. The van der Waals surface area contributed by atoms with Crippen LogP contribution in [0.4, 0.5) is 0 Å². The highest BCUT2D eigenvalue weighted by atomic mass is 16.6. The van der Waals surface area contributed by atoms with E-state index in [1.165, 1.54) is 24.0 Å². The van der Waals surface area contributed by atoms with Crippen LogP contribution >= 0.6 is 0 Å². The zero-order valence-electron chi connectivity index (χ0n) is 21.7. The molecule has 0 bridgehead atoms. The van der Waals surface area contributed by atoms with Crippen molar-refractivity contribution in [1.82, 2.24) is 0 Å². The maximum absolute atomic E-state index is 12.3. The second kappa shape index (κ2) is 7.96. The van der Waals surface area contributed by atoms with Crippen LogP contribution in [-0.2, 0) is 19.1 Å². The van der Waals surface area contributed by atoms with E-state index < -0.39 is 5.60 Å². The molecule has 0 radical (unpaired) electrons. The van der Waals surface area contributed by atoms with Crippen molar-refractivity contribution in [2.24, 2.45) is 28.6 Å². The molecule has 4 heteroatoms. The van der Waals surface area contributed by atoms with Crippen LogP contribution in [-0.4, -0.2) is 23.6 Å². The van der Waals surface area contributed by atoms with Gasteiger partial charge in [0.05, 0.1) is 0 Å².